The first-order valence-electron chi connectivity index (χ1n) is 6.97. The van der Waals surface area contributed by atoms with Gasteiger partial charge in [-0.1, -0.05) is 12.8 Å². The van der Waals surface area contributed by atoms with Crippen molar-refractivity contribution in [3.05, 3.63) is 0 Å². The van der Waals surface area contributed by atoms with Crippen molar-refractivity contribution >= 4 is 11.8 Å². The summed E-state index contributed by atoms with van der Waals surface area (Å²) in [5.74, 6) is -0.0735. The van der Waals surface area contributed by atoms with Crippen molar-refractivity contribution < 1.29 is 9.59 Å². The van der Waals surface area contributed by atoms with Gasteiger partial charge in [0.15, 0.2) is 0 Å². The molecule has 1 aliphatic carbocycles. The maximum absolute atomic E-state index is 12.4. The number of carbonyl (C=O) groups is 2. The van der Waals surface area contributed by atoms with E-state index in [4.69, 9.17) is 5.73 Å². The first-order valence-corrected chi connectivity index (χ1v) is 6.97. The average Bonchev–Trinajstić information content (AvgIpc) is 2.78. The molecule has 1 saturated carbocycles. The molecule has 1 aliphatic heterocycles. The molecule has 0 aromatic heterocycles. The maximum atomic E-state index is 12.4. The Kier molecular flexibility index (Phi) is 4.22. The molecule has 0 aromatic rings. The lowest BCUT2D eigenvalue weighted by Gasteiger charge is -2.28. The zero-order chi connectivity index (χ0) is 13.0. The van der Waals surface area contributed by atoms with Gasteiger partial charge in [-0.15, -0.1) is 0 Å². The summed E-state index contributed by atoms with van der Waals surface area (Å²) < 4.78 is 0. The molecule has 18 heavy (non-hydrogen) atoms. The first-order chi connectivity index (χ1) is 8.68. The average molecular weight is 253 g/mol. The normalized spacial score (nSPS) is 27.4. The van der Waals surface area contributed by atoms with E-state index in [1.54, 1.807) is 0 Å². The standard InChI is InChI=1S/C13H23N3O2/c14-9-13(6-2-3-7-13)12(18)16-10-5-1-4-8-15-11(10)17/h10H,1-9,14H2,(H,15,17)(H,16,18). The summed E-state index contributed by atoms with van der Waals surface area (Å²) in [6, 6.07) is -0.371. The van der Waals surface area contributed by atoms with E-state index in [-0.39, 0.29) is 17.9 Å². The highest BCUT2D eigenvalue weighted by Crippen LogP contribution is 2.37. The monoisotopic (exact) mass is 253 g/mol. The molecule has 1 unspecified atom stereocenters. The van der Waals surface area contributed by atoms with Crippen LogP contribution in [0.4, 0.5) is 0 Å². The van der Waals surface area contributed by atoms with E-state index in [0.29, 0.717) is 13.1 Å². The highest BCUT2D eigenvalue weighted by Gasteiger charge is 2.41. The molecule has 1 atom stereocenters. The number of nitrogens with two attached hydrogens (primary N) is 1. The van der Waals surface area contributed by atoms with E-state index in [1.807, 2.05) is 0 Å². The van der Waals surface area contributed by atoms with E-state index in [9.17, 15) is 9.59 Å². The molecule has 0 radical (unpaired) electrons. The summed E-state index contributed by atoms with van der Waals surface area (Å²) in [5.41, 5.74) is 5.35. The van der Waals surface area contributed by atoms with Crippen LogP contribution in [0.15, 0.2) is 0 Å². The summed E-state index contributed by atoms with van der Waals surface area (Å²) in [4.78, 5) is 24.2. The van der Waals surface area contributed by atoms with Crippen molar-refractivity contribution in [3.8, 4) is 0 Å². The van der Waals surface area contributed by atoms with E-state index in [1.165, 1.54) is 0 Å². The van der Waals surface area contributed by atoms with Crippen molar-refractivity contribution in [2.75, 3.05) is 13.1 Å². The van der Waals surface area contributed by atoms with Gasteiger partial charge < -0.3 is 16.4 Å². The number of hydrogen-bond donors (Lipinski definition) is 3. The van der Waals surface area contributed by atoms with Crippen molar-refractivity contribution in [2.45, 2.75) is 51.0 Å². The zero-order valence-electron chi connectivity index (χ0n) is 10.8. The fourth-order valence-corrected chi connectivity index (χ4v) is 2.96. The highest BCUT2D eigenvalue weighted by molar-refractivity contribution is 5.90. The molecular weight excluding hydrogens is 230 g/mol. The Morgan fingerprint density at radius 1 is 1.33 bits per heavy atom. The van der Waals surface area contributed by atoms with Gasteiger partial charge in [0, 0.05) is 13.1 Å². The lowest BCUT2D eigenvalue weighted by atomic mass is 9.85. The minimum atomic E-state index is -0.424. The molecule has 1 saturated heterocycles. The van der Waals surface area contributed by atoms with E-state index in [0.717, 1.165) is 44.9 Å². The SMILES string of the molecule is NCC1(C(=O)NC2CCCCNC2=O)CCCC1. The Balaban J connectivity index is 1.98. The quantitative estimate of drug-likeness (QED) is 0.676. The van der Waals surface area contributed by atoms with E-state index >= 15 is 0 Å². The Bertz CT molecular complexity index is 324. The van der Waals surface area contributed by atoms with Crippen molar-refractivity contribution in [3.63, 3.8) is 0 Å². The topological polar surface area (TPSA) is 84.2 Å². The van der Waals surface area contributed by atoms with Crippen molar-refractivity contribution in [1.82, 2.24) is 10.6 Å². The molecule has 0 aromatic carbocycles. The van der Waals surface area contributed by atoms with Crippen LogP contribution >= 0.6 is 0 Å². The number of carbonyl (C=O) groups excluding carboxylic acids is 2. The van der Waals surface area contributed by atoms with Gasteiger partial charge >= 0.3 is 0 Å². The van der Waals surface area contributed by atoms with Crippen LogP contribution in [0.5, 0.6) is 0 Å². The summed E-state index contributed by atoms with van der Waals surface area (Å²) in [6.45, 7) is 1.10. The summed E-state index contributed by atoms with van der Waals surface area (Å²) >= 11 is 0. The Labute approximate surface area is 108 Å². The van der Waals surface area contributed by atoms with Gasteiger partial charge in [-0.3, -0.25) is 9.59 Å². The molecule has 1 heterocycles. The third kappa shape index (κ3) is 2.66. The Morgan fingerprint density at radius 3 is 2.72 bits per heavy atom. The lowest BCUT2D eigenvalue weighted by Crippen LogP contribution is -2.52. The molecule has 5 heteroatoms. The lowest BCUT2D eigenvalue weighted by molar-refractivity contribution is -0.134. The van der Waals surface area contributed by atoms with Crippen LogP contribution in [-0.4, -0.2) is 30.9 Å². The summed E-state index contributed by atoms with van der Waals surface area (Å²) in [7, 11) is 0. The number of nitrogens with one attached hydrogen (secondary N) is 2. The predicted molar refractivity (Wildman–Crippen MR) is 68.7 cm³/mol. The largest absolute Gasteiger partial charge is 0.354 e. The summed E-state index contributed by atoms with van der Waals surface area (Å²) in [6.07, 6.45) is 6.51. The molecule has 2 amide bonds. The molecular formula is C13H23N3O2. The van der Waals surface area contributed by atoms with Gasteiger partial charge in [0.2, 0.25) is 11.8 Å². The van der Waals surface area contributed by atoms with Crippen LogP contribution < -0.4 is 16.4 Å². The first kappa shape index (κ1) is 13.3. The van der Waals surface area contributed by atoms with Crippen molar-refractivity contribution in [1.29, 1.82) is 0 Å². The maximum Gasteiger partial charge on any atom is 0.242 e. The molecule has 4 N–H and O–H groups in total. The van der Waals surface area contributed by atoms with E-state index < -0.39 is 5.41 Å². The second-order valence-electron chi connectivity index (χ2n) is 5.50. The zero-order valence-corrected chi connectivity index (χ0v) is 10.8. The van der Waals surface area contributed by atoms with Crippen LogP contribution in [0, 0.1) is 5.41 Å². The summed E-state index contributed by atoms with van der Waals surface area (Å²) in [5, 5.41) is 5.75. The molecule has 0 bridgehead atoms. The van der Waals surface area contributed by atoms with Gasteiger partial charge in [-0.05, 0) is 32.1 Å². The molecule has 2 aliphatic rings. The van der Waals surface area contributed by atoms with Gasteiger partial charge in [0.05, 0.1) is 5.41 Å². The molecule has 0 spiro atoms. The smallest absolute Gasteiger partial charge is 0.242 e. The Morgan fingerprint density at radius 2 is 2.06 bits per heavy atom. The van der Waals surface area contributed by atoms with Crippen LogP contribution in [-0.2, 0) is 9.59 Å². The highest BCUT2D eigenvalue weighted by atomic mass is 16.2. The van der Waals surface area contributed by atoms with Gasteiger partial charge in [-0.2, -0.15) is 0 Å². The number of hydrogen-bond acceptors (Lipinski definition) is 3. The van der Waals surface area contributed by atoms with Crippen LogP contribution in [0.3, 0.4) is 0 Å². The van der Waals surface area contributed by atoms with Gasteiger partial charge in [0.1, 0.15) is 6.04 Å². The van der Waals surface area contributed by atoms with Crippen LogP contribution in [0.25, 0.3) is 0 Å². The minimum absolute atomic E-state index is 0.0236. The fourth-order valence-electron chi connectivity index (χ4n) is 2.96. The fraction of sp³-hybridized carbons (Fsp3) is 0.846. The van der Waals surface area contributed by atoms with Crippen LogP contribution in [0.2, 0.25) is 0 Å². The predicted octanol–water partition coefficient (Wildman–Crippen LogP) is 0.290. The second kappa shape index (κ2) is 5.69. The third-order valence-corrected chi connectivity index (χ3v) is 4.27. The van der Waals surface area contributed by atoms with E-state index in [2.05, 4.69) is 10.6 Å². The van der Waals surface area contributed by atoms with Crippen molar-refractivity contribution in [2.24, 2.45) is 11.1 Å². The number of amides is 2. The Hall–Kier alpha value is -1.10. The van der Waals surface area contributed by atoms with Gasteiger partial charge in [-0.25, -0.2) is 0 Å². The third-order valence-electron chi connectivity index (χ3n) is 4.27. The van der Waals surface area contributed by atoms with Crippen LogP contribution in [0.1, 0.15) is 44.9 Å². The molecule has 5 nitrogen and oxygen atoms in total. The molecule has 2 rings (SSSR count). The molecule has 102 valence electrons. The molecule has 2 fully saturated rings. The van der Waals surface area contributed by atoms with Gasteiger partial charge in [0.25, 0.3) is 0 Å². The minimum Gasteiger partial charge on any atom is -0.354 e. The number of rotatable bonds is 3. The second-order valence-corrected chi connectivity index (χ2v) is 5.50.